The van der Waals surface area contributed by atoms with Gasteiger partial charge in [0.1, 0.15) is 16.3 Å². The number of ether oxygens (including phenoxy) is 1. The van der Waals surface area contributed by atoms with Gasteiger partial charge in [-0.3, -0.25) is 4.79 Å². The maximum Gasteiger partial charge on any atom is 0.323 e. The maximum absolute atomic E-state index is 11.3. The van der Waals surface area contributed by atoms with Crippen molar-refractivity contribution in [1.29, 1.82) is 0 Å². The topological polar surface area (TPSA) is 65.2 Å². The highest BCUT2D eigenvalue weighted by molar-refractivity contribution is 6.32. The van der Waals surface area contributed by atoms with E-state index in [0.717, 1.165) is 0 Å². The van der Waals surface area contributed by atoms with Gasteiger partial charge in [0.2, 0.25) is 0 Å². The molecule has 0 radical (unpaired) electrons. The van der Waals surface area contributed by atoms with Crippen molar-refractivity contribution >= 4 is 29.2 Å². The Bertz CT molecular complexity index is 385. The van der Waals surface area contributed by atoms with E-state index in [9.17, 15) is 4.79 Å². The number of nitrogens with zero attached hydrogens (tertiary/aromatic N) is 1. The van der Waals surface area contributed by atoms with Gasteiger partial charge in [0.05, 0.1) is 6.61 Å². The van der Waals surface area contributed by atoms with E-state index in [1.807, 2.05) is 0 Å². The Labute approximate surface area is 104 Å². The van der Waals surface area contributed by atoms with Crippen molar-refractivity contribution in [3.63, 3.8) is 0 Å². The fourth-order valence-electron chi connectivity index (χ4n) is 1.16. The average Bonchev–Trinajstić information content (AvgIpc) is 2.22. The van der Waals surface area contributed by atoms with Crippen molar-refractivity contribution in [3.8, 4) is 0 Å². The third-order valence-electron chi connectivity index (χ3n) is 1.92. The predicted octanol–water partition coefficient (Wildman–Crippen LogP) is 1.82. The Morgan fingerprint density at radius 3 is 2.81 bits per heavy atom. The maximum atomic E-state index is 11.3. The van der Waals surface area contributed by atoms with Gasteiger partial charge in [-0.25, -0.2) is 4.98 Å². The molecule has 1 heterocycles. The molecule has 1 rings (SSSR count). The number of esters is 1. The largest absolute Gasteiger partial charge is 0.465 e. The Hall–Kier alpha value is -0.840. The van der Waals surface area contributed by atoms with Gasteiger partial charge >= 0.3 is 5.97 Å². The van der Waals surface area contributed by atoms with Crippen LogP contribution in [0.4, 0.5) is 0 Å². The zero-order valence-corrected chi connectivity index (χ0v) is 10.3. The fraction of sp³-hybridized carbons (Fsp3) is 0.400. The molecule has 88 valence electrons. The Morgan fingerprint density at radius 2 is 2.25 bits per heavy atom. The van der Waals surface area contributed by atoms with E-state index in [0.29, 0.717) is 17.3 Å². The zero-order chi connectivity index (χ0) is 12.1. The van der Waals surface area contributed by atoms with Gasteiger partial charge in [0.15, 0.2) is 0 Å². The summed E-state index contributed by atoms with van der Waals surface area (Å²) in [5.74, 6) is -0.450. The monoisotopic (exact) mass is 262 g/mol. The molecule has 0 bridgehead atoms. The molecule has 1 atom stereocenters. The van der Waals surface area contributed by atoms with Crippen molar-refractivity contribution in [3.05, 3.63) is 28.0 Å². The summed E-state index contributed by atoms with van der Waals surface area (Å²) >= 11 is 11.5. The van der Waals surface area contributed by atoms with Crippen LogP contribution in [0.3, 0.4) is 0 Å². The fourth-order valence-corrected chi connectivity index (χ4v) is 1.58. The molecule has 2 N–H and O–H groups in total. The summed E-state index contributed by atoms with van der Waals surface area (Å²) < 4.78 is 4.79. The number of hydrogen-bond donors (Lipinski definition) is 1. The van der Waals surface area contributed by atoms with Crippen LogP contribution >= 0.6 is 23.2 Å². The third kappa shape index (κ3) is 3.63. The van der Waals surface area contributed by atoms with E-state index >= 15 is 0 Å². The number of carbonyl (C=O) groups excluding carboxylic acids is 1. The van der Waals surface area contributed by atoms with E-state index in [1.165, 1.54) is 0 Å². The molecule has 0 aliphatic rings. The first-order chi connectivity index (χ1) is 7.54. The highest BCUT2D eigenvalue weighted by Gasteiger charge is 2.17. The summed E-state index contributed by atoms with van der Waals surface area (Å²) in [6, 6.07) is 2.55. The summed E-state index contributed by atoms with van der Waals surface area (Å²) in [7, 11) is 0. The van der Waals surface area contributed by atoms with Crippen LogP contribution in [-0.2, 0) is 16.0 Å². The first-order valence-electron chi connectivity index (χ1n) is 4.77. The molecule has 0 aliphatic carbocycles. The van der Waals surface area contributed by atoms with Crippen molar-refractivity contribution in [1.82, 2.24) is 4.98 Å². The van der Waals surface area contributed by atoms with Crippen LogP contribution in [0.2, 0.25) is 10.3 Å². The minimum atomic E-state index is -0.736. The summed E-state index contributed by atoms with van der Waals surface area (Å²) in [6.45, 7) is 2.03. The van der Waals surface area contributed by atoms with Gasteiger partial charge in [-0.15, -0.1) is 0 Å². The summed E-state index contributed by atoms with van der Waals surface area (Å²) in [4.78, 5) is 15.1. The quantitative estimate of drug-likeness (QED) is 0.664. The molecule has 6 heteroatoms. The number of pyridine rings is 1. The standard InChI is InChI=1S/C10H12Cl2N2O2/c1-2-16-10(15)7(13)5-6-3-4-8(11)14-9(6)12/h3-4,7H,2,5,13H2,1H3. The molecule has 0 amide bonds. The number of hydrogen-bond acceptors (Lipinski definition) is 4. The molecule has 0 saturated heterocycles. The normalized spacial score (nSPS) is 12.2. The van der Waals surface area contributed by atoms with Gasteiger partial charge < -0.3 is 10.5 Å². The minimum absolute atomic E-state index is 0.257. The smallest absolute Gasteiger partial charge is 0.323 e. The molecular formula is C10H12Cl2N2O2. The average molecular weight is 263 g/mol. The molecule has 1 aromatic rings. The second-order valence-corrected chi connectivity index (χ2v) is 3.89. The van der Waals surface area contributed by atoms with Gasteiger partial charge in [0, 0.05) is 6.42 Å². The molecule has 0 aliphatic heterocycles. The van der Waals surface area contributed by atoms with Gasteiger partial charge in [-0.05, 0) is 18.6 Å². The summed E-state index contributed by atoms with van der Waals surface area (Å²) in [6.07, 6.45) is 0.280. The van der Waals surface area contributed by atoms with Gasteiger partial charge in [-0.2, -0.15) is 0 Å². The SMILES string of the molecule is CCOC(=O)C(N)Cc1ccc(Cl)nc1Cl. The van der Waals surface area contributed by atoms with Crippen LogP contribution in [-0.4, -0.2) is 23.6 Å². The Kier molecular flexibility index (Phi) is 4.99. The molecule has 0 aromatic carbocycles. The molecule has 1 unspecified atom stereocenters. The molecule has 4 nitrogen and oxygen atoms in total. The predicted molar refractivity (Wildman–Crippen MR) is 62.6 cm³/mol. The second kappa shape index (κ2) is 6.03. The van der Waals surface area contributed by atoms with Crippen LogP contribution in [0.1, 0.15) is 12.5 Å². The van der Waals surface area contributed by atoms with Crippen LogP contribution in [0, 0.1) is 0 Å². The van der Waals surface area contributed by atoms with E-state index < -0.39 is 12.0 Å². The van der Waals surface area contributed by atoms with Crippen molar-refractivity contribution in [2.75, 3.05) is 6.61 Å². The van der Waals surface area contributed by atoms with E-state index in [2.05, 4.69) is 4.98 Å². The first kappa shape index (κ1) is 13.2. The lowest BCUT2D eigenvalue weighted by Crippen LogP contribution is -2.34. The van der Waals surface area contributed by atoms with Crippen LogP contribution in [0.25, 0.3) is 0 Å². The first-order valence-corrected chi connectivity index (χ1v) is 5.53. The number of rotatable bonds is 4. The minimum Gasteiger partial charge on any atom is -0.465 e. The Balaban J connectivity index is 2.69. The lowest BCUT2D eigenvalue weighted by Gasteiger charge is -2.11. The molecule has 16 heavy (non-hydrogen) atoms. The number of aromatic nitrogens is 1. The van der Waals surface area contributed by atoms with Crippen molar-refractivity contribution in [2.45, 2.75) is 19.4 Å². The van der Waals surface area contributed by atoms with E-state index in [1.54, 1.807) is 19.1 Å². The molecule has 0 spiro atoms. The highest BCUT2D eigenvalue weighted by Crippen LogP contribution is 2.17. The van der Waals surface area contributed by atoms with Gasteiger partial charge in [-0.1, -0.05) is 29.3 Å². The second-order valence-electron chi connectivity index (χ2n) is 3.15. The molecular weight excluding hydrogens is 251 g/mol. The highest BCUT2D eigenvalue weighted by atomic mass is 35.5. The summed E-state index contributed by atoms with van der Waals surface area (Å²) in [5, 5.41) is 0.561. The van der Waals surface area contributed by atoms with E-state index in [-0.39, 0.29) is 11.6 Å². The summed E-state index contributed by atoms with van der Waals surface area (Å²) in [5.41, 5.74) is 6.32. The van der Waals surface area contributed by atoms with Crippen molar-refractivity contribution < 1.29 is 9.53 Å². The van der Waals surface area contributed by atoms with Crippen molar-refractivity contribution in [2.24, 2.45) is 5.73 Å². The zero-order valence-electron chi connectivity index (χ0n) is 8.74. The number of carbonyl (C=O) groups is 1. The van der Waals surface area contributed by atoms with E-state index in [4.69, 9.17) is 33.7 Å². The number of halogens is 2. The lowest BCUT2D eigenvalue weighted by atomic mass is 10.1. The van der Waals surface area contributed by atoms with Crippen LogP contribution in [0.15, 0.2) is 12.1 Å². The molecule has 1 aromatic heterocycles. The third-order valence-corrected chi connectivity index (χ3v) is 2.46. The van der Waals surface area contributed by atoms with Crippen LogP contribution in [0.5, 0.6) is 0 Å². The number of nitrogens with two attached hydrogens (primary N) is 1. The molecule has 0 saturated carbocycles. The van der Waals surface area contributed by atoms with Crippen LogP contribution < -0.4 is 5.73 Å². The lowest BCUT2D eigenvalue weighted by molar-refractivity contribution is -0.144. The molecule has 0 fully saturated rings. The Morgan fingerprint density at radius 1 is 1.56 bits per heavy atom. The van der Waals surface area contributed by atoms with Gasteiger partial charge in [0.25, 0.3) is 0 Å².